The van der Waals surface area contributed by atoms with Crippen molar-refractivity contribution < 1.29 is 26.3 Å². The van der Waals surface area contributed by atoms with Gasteiger partial charge in [0.25, 0.3) is 0 Å². The number of fused-ring (bicyclic) bond motifs is 1. The summed E-state index contributed by atoms with van der Waals surface area (Å²) in [7, 11) is 0. The van der Waals surface area contributed by atoms with Gasteiger partial charge < -0.3 is 0 Å². The molecule has 0 saturated carbocycles. The average Bonchev–Trinajstić information content (AvgIpc) is 2.75. The lowest BCUT2D eigenvalue weighted by atomic mass is 9.85. The summed E-state index contributed by atoms with van der Waals surface area (Å²) in [5, 5.41) is 0. The number of unbranched alkanes of at least 4 members (excludes halogenated alkanes) is 1. The Morgan fingerprint density at radius 3 is 2.12 bits per heavy atom. The Kier molecular flexibility index (Phi) is 6.13. The van der Waals surface area contributed by atoms with Crippen LogP contribution < -0.4 is 0 Å². The van der Waals surface area contributed by atoms with Gasteiger partial charge in [0, 0.05) is 5.56 Å². The Morgan fingerprint density at radius 2 is 1.47 bits per heavy atom. The lowest BCUT2D eigenvalue weighted by Gasteiger charge is -2.20. The summed E-state index contributed by atoms with van der Waals surface area (Å²) in [6.07, 6.45) is 4.74. The number of aryl methyl sites for hydroxylation is 1. The van der Waals surface area contributed by atoms with Crippen molar-refractivity contribution in [1.29, 1.82) is 0 Å². The normalized spacial score (nSPS) is 13.2. The molecule has 0 saturated heterocycles. The molecular formula is C26H20F6. The van der Waals surface area contributed by atoms with Crippen molar-refractivity contribution in [3.05, 3.63) is 93.6 Å². The number of benzene rings is 3. The van der Waals surface area contributed by atoms with Gasteiger partial charge in [-0.25, -0.2) is 26.3 Å². The maximum atomic E-state index is 15.2. The Labute approximate surface area is 182 Å². The second-order valence-electron chi connectivity index (χ2n) is 7.96. The van der Waals surface area contributed by atoms with Crippen LogP contribution in [0.3, 0.4) is 0 Å². The van der Waals surface area contributed by atoms with Crippen LogP contribution in [0, 0.1) is 34.9 Å². The zero-order chi connectivity index (χ0) is 23.0. The number of hydrogen-bond acceptors (Lipinski definition) is 0. The minimum Gasteiger partial charge on any atom is -0.206 e. The standard InChI is InChI=1S/C26H20F6/c1-2-3-4-14-5-7-18(20(27)9-14)15-6-8-19-16(10-15)11-21(28)24(25(19)31)17-12-22(29)26(32)23(30)13-17/h5,7,9-13H,2-4,6,8H2,1H3. The molecule has 0 aliphatic heterocycles. The third-order valence-corrected chi connectivity index (χ3v) is 5.80. The highest BCUT2D eigenvalue weighted by molar-refractivity contribution is 5.86. The lowest BCUT2D eigenvalue weighted by molar-refractivity contribution is 0.447. The fraction of sp³-hybridized carbons (Fsp3) is 0.231. The topological polar surface area (TPSA) is 0 Å². The van der Waals surface area contributed by atoms with E-state index in [1.54, 1.807) is 6.07 Å². The maximum Gasteiger partial charge on any atom is 0.194 e. The predicted octanol–water partition coefficient (Wildman–Crippen LogP) is 8.02. The molecule has 6 heteroatoms. The lowest BCUT2D eigenvalue weighted by Crippen LogP contribution is -2.07. The van der Waals surface area contributed by atoms with Crippen LogP contribution in [0.15, 0.2) is 36.4 Å². The molecule has 0 nitrogen and oxygen atoms in total. The fourth-order valence-corrected chi connectivity index (χ4v) is 4.11. The van der Waals surface area contributed by atoms with E-state index < -0.39 is 40.2 Å². The summed E-state index contributed by atoms with van der Waals surface area (Å²) in [6, 6.07) is 7.20. The molecule has 3 aromatic rings. The van der Waals surface area contributed by atoms with Crippen LogP contribution in [-0.2, 0) is 12.8 Å². The van der Waals surface area contributed by atoms with Gasteiger partial charge in [-0.1, -0.05) is 31.6 Å². The van der Waals surface area contributed by atoms with E-state index in [1.165, 1.54) is 12.1 Å². The van der Waals surface area contributed by atoms with Crippen LogP contribution in [0.1, 0.15) is 48.4 Å². The maximum absolute atomic E-state index is 15.2. The minimum atomic E-state index is -1.71. The molecule has 3 aromatic carbocycles. The first-order valence-corrected chi connectivity index (χ1v) is 10.4. The summed E-state index contributed by atoms with van der Waals surface area (Å²) in [5.41, 5.74) is 1.24. The first kappa shape index (κ1) is 22.2. The van der Waals surface area contributed by atoms with Crippen LogP contribution in [-0.4, -0.2) is 0 Å². The molecule has 0 unspecified atom stereocenters. The molecule has 0 aromatic heterocycles. The summed E-state index contributed by atoms with van der Waals surface area (Å²) in [4.78, 5) is 0. The molecule has 166 valence electrons. The van der Waals surface area contributed by atoms with Crippen LogP contribution >= 0.6 is 0 Å². The van der Waals surface area contributed by atoms with Crippen molar-refractivity contribution in [2.75, 3.05) is 0 Å². The highest BCUT2D eigenvalue weighted by Crippen LogP contribution is 2.38. The van der Waals surface area contributed by atoms with Crippen molar-refractivity contribution in [1.82, 2.24) is 0 Å². The van der Waals surface area contributed by atoms with E-state index in [9.17, 15) is 22.0 Å². The molecule has 0 heterocycles. The summed E-state index contributed by atoms with van der Waals surface area (Å²) < 4.78 is 85.1. The van der Waals surface area contributed by atoms with Gasteiger partial charge in [0.05, 0.1) is 5.56 Å². The van der Waals surface area contributed by atoms with E-state index in [4.69, 9.17) is 0 Å². The molecule has 0 atom stereocenters. The van der Waals surface area contributed by atoms with E-state index in [1.807, 2.05) is 6.07 Å². The number of halogens is 6. The van der Waals surface area contributed by atoms with Crippen molar-refractivity contribution in [2.45, 2.75) is 39.0 Å². The van der Waals surface area contributed by atoms with E-state index in [2.05, 4.69) is 6.92 Å². The second kappa shape index (κ2) is 8.85. The molecule has 4 rings (SSSR count). The van der Waals surface area contributed by atoms with Gasteiger partial charge in [0.1, 0.15) is 17.5 Å². The number of hydrogen-bond donors (Lipinski definition) is 0. The molecule has 32 heavy (non-hydrogen) atoms. The third-order valence-electron chi connectivity index (χ3n) is 5.80. The molecule has 0 amide bonds. The van der Waals surface area contributed by atoms with Gasteiger partial charge >= 0.3 is 0 Å². The Morgan fingerprint density at radius 1 is 0.750 bits per heavy atom. The van der Waals surface area contributed by atoms with Gasteiger partial charge in [-0.3, -0.25) is 0 Å². The monoisotopic (exact) mass is 446 g/mol. The smallest absolute Gasteiger partial charge is 0.194 e. The SMILES string of the molecule is CCCCc1ccc(C2=Cc3cc(F)c(-c4cc(F)c(F)c(F)c4)c(F)c3CC2)c(F)c1. The average molecular weight is 446 g/mol. The molecule has 0 radical (unpaired) electrons. The van der Waals surface area contributed by atoms with E-state index in [0.717, 1.165) is 30.9 Å². The quantitative estimate of drug-likeness (QED) is 0.275. The predicted molar refractivity (Wildman–Crippen MR) is 113 cm³/mol. The highest BCUT2D eigenvalue weighted by atomic mass is 19.2. The van der Waals surface area contributed by atoms with Crippen molar-refractivity contribution in [2.24, 2.45) is 0 Å². The Hall–Kier alpha value is -3.02. The van der Waals surface area contributed by atoms with E-state index >= 15 is 4.39 Å². The summed E-state index contributed by atoms with van der Waals surface area (Å²) in [5.74, 6) is -7.16. The number of allylic oxidation sites excluding steroid dienone is 1. The Bertz CT molecular complexity index is 1200. The second-order valence-corrected chi connectivity index (χ2v) is 7.96. The largest absolute Gasteiger partial charge is 0.206 e. The van der Waals surface area contributed by atoms with Crippen LogP contribution in [0.2, 0.25) is 0 Å². The van der Waals surface area contributed by atoms with Gasteiger partial charge in [-0.2, -0.15) is 0 Å². The molecule has 0 N–H and O–H groups in total. The van der Waals surface area contributed by atoms with Gasteiger partial charge in [0.15, 0.2) is 17.5 Å². The zero-order valence-electron chi connectivity index (χ0n) is 17.3. The molecule has 0 spiro atoms. The first-order chi connectivity index (χ1) is 15.3. The van der Waals surface area contributed by atoms with Gasteiger partial charge in [-0.15, -0.1) is 0 Å². The highest BCUT2D eigenvalue weighted by Gasteiger charge is 2.24. The summed E-state index contributed by atoms with van der Waals surface area (Å²) >= 11 is 0. The van der Waals surface area contributed by atoms with Crippen LogP contribution in [0.4, 0.5) is 26.3 Å². The fourth-order valence-electron chi connectivity index (χ4n) is 4.11. The zero-order valence-corrected chi connectivity index (χ0v) is 17.3. The summed E-state index contributed by atoms with van der Waals surface area (Å²) in [6.45, 7) is 2.06. The number of rotatable bonds is 5. The van der Waals surface area contributed by atoms with Crippen molar-refractivity contribution in [3.63, 3.8) is 0 Å². The molecule has 0 bridgehead atoms. The first-order valence-electron chi connectivity index (χ1n) is 10.4. The third kappa shape index (κ3) is 4.06. The molecular weight excluding hydrogens is 426 g/mol. The van der Waals surface area contributed by atoms with Crippen molar-refractivity contribution >= 4 is 11.6 Å². The molecule has 0 fully saturated rings. The molecule has 1 aliphatic rings. The van der Waals surface area contributed by atoms with Gasteiger partial charge in [-0.05, 0) is 77.8 Å². The van der Waals surface area contributed by atoms with Gasteiger partial charge in [0.2, 0.25) is 0 Å². The van der Waals surface area contributed by atoms with E-state index in [-0.39, 0.29) is 23.4 Å². The Balaban J connectivity index is 1.74. The molecule has 1 aliphatic carbocycles. The van der Waals surface area contributed by atoms with Crippen LogP contribution in [0.25, 0.3) is 22.8 Å². The van der Waals surface area contributed by atoms with Crippen LogP contribution in [0.5, 0.6) is 0 Å². The van der Waals surface area contributed by atoms with E-state index in [0.29, 0.717) is 29.7 Å². The van der Waals surface area contributed by atoms with Crippen molar-refractivity contribution in [3.8, 4) is 11.1 Å². The minimum absolute atomic E-state index is 0.156.